The van der Waals surface area contributed by atoms with Crippen LogP contribution < -0.4 is 4.74 Å². The number of hydrogen-bond donors (Lipinski definition) is 0. The lowest BCUT2D eigenvalue weighted by Crippen LogP contribution is -2.32. The first kappa shape index (κ1) is 13.6. The summed E-state index contributed by atoms with van der Waals surface area (Å²) in [6.07, 6.45) is 1.41. The Balaban J connectivity index is 1.51. The van der Waals surface area contributed by atoms with Crippen LogP contribution in [0, 0.1) is 18.7 Å². The van der Waals surface area contributed by atoms with Crippen LogP contribution in [0.5, 0.6) is 5.88 Å². The second kappa shape index (κ2) is 5.32. The van der Waals surface area contributed by atoms with Crippen LogP contribution in [0.15, 0.2) is 30.3 Å². The number of aryl methyl sites for hydroxylation is 1. The van der Waals surface area contributed by atoms with Crippen molar-refractivity contribution in [2.45, 2.75) is 19.4 Å². The van der Waals surface area contributed by atoms with Crippen molar-refractivity contribution in [1.82, 2.24) is 15.1 Å². The standard InChI is InChI=1S/C17H18FN3O/c1-11-2-3-13(14(18)8-11)15-4-5-17(20-19-15)22-16-10-21-7-6-12(16)9-21/h2-5,8,12,16H,6-7,9-10H2,1H3/t12-,16-/m1/s1. The van der Waals surface area contributed by atoms with Crippen LogP contribution >= 0.6 is 0 Å². The fourth-order valence-corrected chi connectivity index (χ4v) is 3.38. The van der Waals surface area contributed by atoms with E-state index in [1.165, 1.54) is 19.0 Å². The lowest BCUT2D eigenvalue weighted by atomic mass is 10.0. The highest BCUT2D eigenvalue weighted by Crippen LogP contribution is 2.30. The highest BCUT2D eigenvalue weighted by atomic mass is 19.1. The van der Waals surface area contributed by atoms with E-state index in [1.807, 2.05) is 13.0 Å². The topological polar surface area (TPSA) is 38.2 Å². The van der Waals surface area contributed by atoms with Gasteiger partial charge < -0.3 is 4.74 Å². The number of aromatic nitrogens is 2. The molecule has 0 aliphatic carbocycles. The molecule has 1 unspecified atom stereocenters. The third kappa shape index (κ3) is 2.46. The Morgan fingerprint density at radius 3 is 2.73 bits per heavy atom. The van der Waals surface area contributed by atoms with Gasteiger partial charge in [0.2, 0.25) is 5.88 Å². The maximum Gasteiger partial charge on any atom is 0.233 e. The molecule has 1 aromatic carbocycles. The fourth-order valence-electron chi connectivity index (χ4n) is 3.38. The van der Waals surface area contributed by atoms with Crippen molar-refractivity contribution in [3.8, 4) is 17.1 Å². The maximum atomic E-state index is 14.0. The van der Waals surface area contributed by atoms with Gasteiger partial charge in [-0.2, -0.15) is 0 Å². The van der Waals surface area contributed by atoms with Crippen LogP contribution in [-0.4, -0.2) is 40.8 Å². The number of halogens is 1. The summed E-state index contributed by atoms with van der Waals surface area (Å²) in [7, 11) is 0. The smallest absolute Gasteiger partial charge is 0.233 e. The van der Waals surface area contributed by atoms with E-state index in [0.717, 1.165) is 18.7 Å². The van der Waals surface area contributed by atoms with Crippen molar-refractivity contribution in [2.24, 2.45) is 5.92 Å². The van der Waals surface area contributed by atoms with Crippen LogP contribution in [0.25, 0.3) is 11.3 Å². The number of piperidine rings is 1. The molecular formula is C17H18FN3O. The van der Waals surface area contributed by atoms with Crippen LogP contribution in [-0.2, 0) is 0 Å². The van der Waals surface area contributed by atoms with Crippen LogP contribution in [0.1, 0.15) is 12.0 Å². The molecular weight excluding hydrogens is 281 g/mol. The highest BCUT2D eigenvalue weighted by molar-refractivity contribution is 5.59. The SMILES string of the molecule is Cc1ccc(-c2ccc(O[C@@H]3CN4CC[C@@H]3C4)nn2)c(F)c1. The lowest BCUT2D eigenvalue weighted by Gasteiger charge is -2.22. The van der Waals surface area contributed by atoms with Gasteiger partial charge in [0.05, 0.1) is 5.69 Å². The predicted octanol–water partition coefficient (Wildman–Crippen LogP) is 2.67. The van der Waals surface area contributed by atoms with Gasteiger partial charge in [0.25, 0.3) is 0 Å². The lowest BCUT2D eigenvalue weighted by molar-refractivity contribution is 0.134. The molecule has 0 saturated carbocycles. The minimum atomic E-state index is -0.274. The van der Waals surface area contributed by atoms with Gasteiger partial charge >= 0.3 is 0 Å². The zero-order valence-corrected chi connectivity index (χ0v) is 12.5. The molecule has 3 heterocycles. The monoisotopic (exact) mass is 299 g/mol. The highest BCUT2D eigenvalue weighted by Gasteiger charge is 2.39. The number of hydrogen-bond acceptors (Lipinski definition) is 4. The fraction of sp³-hybridized carbons (Fsp3) is 0.412. The second-order valence-electron chi connectivity index (χ2n) is 6.20. The minimum absolute atomic E-state index is 0.213. The van der Waals surface area contributed by atoms with Gasteiger partial charge in [0.15, 0.2) is 0 Å². The third-order valence-corrected chi connectivity index (χ3v) is 4.59. The molecule has 2 bridgehead atoms. The summed E-state index contributed by atoms with van der Waals surface area (Å²) in [6.45, 7) is 5.15. The summed E-state index contributed by atoms with van der Waals surface area (Å²) in [6, 6.07) is 8.66. The molecule has 2 aromatic rings. The van der Waals surface area contributed by atoms with Crippen LogP contribution in [0.3, 0.4) is 0 Å². The Morgan fingerprint density at radius 1 is 1.18 bits per heavy atom. The van der Waals surface area contributed by atoms with Gasteiger partial charge in [0, 0.05) is 30.6 Å². The van der Waals surface area contributed by atoms with E-state index in [-0.39, 0.29) is 11.9 Å². The Bertz CT molecular complexity index is 689. The molecule has 3 atom stereocenters. The van der Waals surface area contributed by atoms with Gasteiger partial charge in [-0.1, -0.05) is 6.07 Å². The minimum Gasteiger partial charge on any atom is -0.472 e. The average Bonchev–Trinajstić information content (AvgIpc) is 3.11. The van der Waals surface area contributed by atoms with E-state index in [2.05, 4.69) is 15.1 Å². The zero-order valence-electron chi connectivity index (χ0n) is 12.5. The van der Waals surface area contributed by atoms with E-state index >= 15 is 0 Å². The number of rotatable bonds is 3. The summed E-state index contributed by atoms with van der Waals surface area (Å²) in [5, 5.41) is 8.22. The van der Waals surface area contributed by atoms with E-state index in [4.69, 9.17) is 4.74 Å². The Kier molecular flexibility index (Phi) is 3.30. The third-order valence-electron chi connectivity index (χ3n) is 4.59. The van der Waals surface area contributed by atoms with Crippen molar-refractivity contribution in [3.05, 3.63) is 41.7 Å². The number of benzene rings is 1. The molecule has 114 valence electrons. The normalized spacial score (nSPS) is 26.4. The molecule has 2 saturated heterocycles. The molecule has 5 heteroatoms. The molecule has 1 aromatic heterocycles. The summed E-state index contributed by atoms with van der Waals surface area (Å²) in [5.41, 5.74) is 1.89. The predicted molar refractivity (Wildman–Crippen MR) is 81.1 cm³/mol. The van der Waals surface area contributed by atoms with E-state index in [1.54, 1.807) is 18.2 Å². The Hall–Kier alpha value is -2.01. The van der Waals surface area contributed by atoms with Gasteiger partial charge in [0.1, 0.15) is 11.9 Å². The Morgan fingerprint density at radius 2 is 2.09 bits per heavy atom. The van der Waals surface area contributed by atoms with Gasteiger partial charge in [-0.15, -0.1) is 10.2 Å². The largest absolute Gasteiger partial charge is 0.472 e. The number of ether oxygens (including phenoxy) is 1. The Labute approximate surface area is 128 Å². The van der Waals surface area contributed by atoms with Gasteiger partial charge in [-0.3, -0.25) is 4.90 Å². The van der Waals surface area contributed by atoms with Gasteiger partial charge in [-0.05, 0) is 43.7 Å². The molecule has 2 fully saturated rings. The molecule has 0 amide bonds. The summed E-state index contributed by atoms with van der Waals surface area (Å²) in [4.78, 5) is 2.42. The van der Waals surface area contributed by atoms with E-state index in [0.29, 0.717) is 23.1 Å². The molecule has 0 N–H and O–H groups in total. The van der Waals surface area contributed by atoms with Crippen molar-refractivity contribution < 1.29 is 9.13 Å². The van der Waals surface area contributed by atoms with Gasteiger partial charge in [-0.25, -0.2) is 4.39 Å². The first-order chi connectivity index (χ1) is 10.7. The van der Waals surface area contributed by atoms with Crippen LogP contribution in [0.4, 0.5) is 4.39 Å². The van der Waals surface area contributed by atoms with Crippen molar-refractivity contribution in [3.63, 3.8) is 0 Å². The number of nitrogens with zero attached hydrogens (tertiary/aromatic N) is 3. The van der Waals surface area contributed by atoms with Crippen LogP contribution in [0.2, 0.25) is 0 Å². The first-order valence-electron chi connectivity index (χ1n) is 7.68. The quantitative estimate of drug-likeness (QED) is 0.873. The molecule has 0 spiro atoms. The average molecular weight is 299 g/mol. The van der Waals surface area contributed by atoms with Crippen molar-refractivity contribution in [1.29, 1.82) is 0 Å². The van der Waals surface area contributed by atoms with E-state index in [9.17, 15) is 4.39 Å². The molecule has 22 heavy (non-hydrogen) atoms. The van der Waals surface area contributed by atoms with Crippen molar-refractivity contribution >= 4 is 0 Å². The summed E-state index contributed by atoms with van der Waals surface area (Å²) < 4.78 is 19.9. The second-order valence-corrected chi connectivity index (χ2v) is 6.20. The number of fused-ring (bicyclic) bond motifs is 2. The molecule has 2 aliphatic heterocycles. The maximum absolute atomic E-state index is 14.0. The molecule has 2 aliphatic rings. The molecule has 0 radical (unpaired) electrons. The first-order valence-corrected chi connectivity index (χ1v) is 7.68. The van der Waals surface area contributed by atoms with Crippen molar-refractivity contribution in [2.75, 3.05) is 19.6 Å². The molecule has 4 rings (SSSR count). The molecule has 4 nitrogen and oxygen atoms in total. The van der Waals surface area contributed by atoms with E-state index < -0.39 is 0 Å². The zero-order chi connectivity index (χ0) is 15.1. The summed E-state index contributed by atoms with van der Waals surface area (Å²) >= 11 is 0. The summed E-state index contributed by atoms with van der Waals surface area (Å²) in [5.74, 6) is 0.856.